The maximum Gasteiger partial charge on any atom is 0.137 e. The number of benzene rings is 1. The molecule has 1 N–H and O–H groups in total. The van der Waals surface area contributed by atoms with E-state index in [9.17, 15) is 8.78 Å². The lowest BCUT2D eigenvalue weighted by Crippen LogP contribution is -2.24. The zero-order valence-corrected chi connectivity index (χ0v) is 12.1. The first-order valence-corrected chi connectivity index (χ1v) is 6.83. The molecule has 0 bridgehead atoms. The van der Waals surface area contributed by atoms with Crippen LogP contribution in [0.5, 0.6) is 5.75 Å². The Kier molecular flexibility index (Phi) is 5.22. The maximum atomic E-state index is 14.1. The third-order valence-corrected chi connectivity index (χ3v) is 3.17. The average molecular weight is 292 g/mol. The minimum atomic E-state index is -0.469. The van der Waals surface area contributed by atoms with Gasteiger partial charge in [-0.15, -0.1) is 0 Å². The standard InChI is InChI=1S/C16H18F2N2O/c1-3-6-20-16(11-7-13(21-2)10-19-9-11)14-8-12(17)4-5-15(14)18/h4-5,7-10,16,20H,3,6H2,1-2H3. The molecule has 2 aromatic rings. The summed E-state index contributed by atoms with van der Waals surface area (Å²) in [5, 5.41) is 3.22. The van der Waals surface area contributed by atoms with Crippen molar-refractivity contribution in [3.05, 3.63) is 59.4 Å². The van der Waals surface area contributed by atoms with Gasteiger partial charge in [-0.3, -0.25) is 4.98 Å². The van der Waals surface area contributed by atoms with E-state index in [-0.39, 0.29) is 5.56 Å². The summed E-state index contributed by atoms with van der Waals surface area (Å²) in [5.74, 6) is -0.342. The highest BCUT2D eigenvalue weighted by Crippen LogP contribution is 2.27. The highest BCUT2D eigenvalue weighted by molar-refractivity contribution is 5.35. The molecule has 112 valence electrons. The number of ether oxygens (including phenoxy) is 1. The zero-order chi connectivity index (χ0) is 15.2. The number of pyridine rings is 1. The molecule has 0 aliphatic heterocycles. The summed E-state index contributed by atoms with van der Waals surface area (Å²) in [6.07, 6.45) is 4.08. The van der Waals surface area contributed by atoms with Crippen molar-refractivity contribution in [3.63, 3.8) is 0 Å². The van der Waals surface area contributed by atoms with Gasteiger partial charge in [-0.1, -0.05) is 6.92 Å². The van der Waals surface area contributed by atoms with Crippen LogP contribution < -0.4 is 10.1 Å². The summed E-state index contributed by atoms with van der Waals surface area (Å²) in [4.78, 5) is 4.08. The summed E-state index contributed by atoms with van der Waals surface area (Å²) in [6.45, 7) is 2.69. The molecule has 21 heavy (non-hydrogen) atoms. The number of hydrogen-bond donors (Lipinski definition) is 1. The molecule has 1 aromatic heterocycles. The second-order valence-corrected chi connectivity index (χ2v) is 4.71. The van der Waals surface area contributed by atoms with Crippen molar-refractivity contribution in [2.24, 2.45) is 0 Å². The minimum absolute atomic E-state index is 0.263. The Morgan fingerprint density at radius 2 is 2.05 bits per heavy atom. The van der Waals surface area contributed by atoms with E-state index in [0.29, 0.717) is 12.3 Å². The number of nitrogens with zero attached hydrogens (tertiary/aromatic N) is 1. The van der Waals surface area contributed by atoms with E-state index in [2.05, 4.69) is 10.3 Å². The van der Waals surface area contributed by atoms with E-state index in [1.54, 1.807) is 18.5 Å². The SMILES string of the molecule is CCCNC(c1cncc(OC)c1)c1cc(F)ccc1F. The Balaban J connectivity index is 2.44. The van der Waals surface area contributed by atoms with Crippen LogP contribution in [0.2, 0.25) is 0 Å². The number of methoxy groups -OCH3 is 1. The van der Waals surface area contributed by atoms with Crippen LogP contribution >= 0.6 is 0 Å². The number of halogens is 2. The molecule has 0 aliphatic carbocycles. The topological polar surface area (TPSA) is 34.2 Å². The summed E-state index contributed by atoms with van der Waals surface area (Å²) in [5.41, 5.74) is 0.991. The molecular weight excluding hydrogens is 274 g/mol. The normalized spacial score (nSPS) is 12.2. The minimum Gasteiger partial charge on any atom is -0.495 e. The lowest BCUT2D eigenvalue weighted by molar-refractivity contribution is 0.411. The van der Waals surface area contributed by atoms with Crippen molar-refractivity contribution in [3.8, 4) is 5.75 Å². The Bertz CT molecular complexity index is 605. The fraction of sp³-hybridized carbons (Fsp3) is 0.312. The zero-order valence-electron chi connectivity index (χ0n) is 12.1. The van der Waals surface area contributed by atoms with Crippen molar-refractivity contribution < 1.29 is 13.5 Å². The third kappa shape index (κ3) is 3.76. The number of hydrogen-bond acceptors (Lipinski definition) is 3. The molecular formula is C16H18F2N2O. The van der Waals surface area contributed by atoms with Crippen LogP contribution in [-0.2, 0) is 0 Å². The largest absolute Gasteiger partial charge is 0.495 e. The van der Waals surface area contributed by atoms with Crippen LogP contribution in [0.3, 0.4) is 0 Å². The molecule has 1 atom stereocenters. The molecule has 0 saturated carbocycles. The number of rotatable bonds is 6. The fourth-order valence-electron chi connectivity index (χ4n) is 2.14. The number of aromatic nitrogens is 1. The molecule has 5 heteroatoms. The van der Waals surface area contributed by atoms with Crippen LogP contribution in [0.15, 0.2) is 36.7 Å². The van der Waals surface area contributed by atoms with E-state index >= 15 is 0 Å². The van der Waals surface area contributed by atoms with E-state index in [0.717, 1.165) is 24.1 Å². The Hall–Kier alpha value is -2.01. The van der Waals surface area contributed by atoms with E-state index in [4.69, 9.17) is 4.74 Å². The summed E-state index contributed by atoms with van der Waals surface area (Å²) >= 11 is 0. The lowest BCUT2D eigenvalue weighted by atomic mass is 9.99. The second-order valence-electron chi connectivity index (χ2n) is 4.71. The van der Waals surface area contributed by atoms with Gasteiger partial charge in [0.05, 0.1) is 19.3 Å². The third-order valence-electron chi connectivity index (χ3n) is 3.17. The summed E-state index contributed by atoms with van der Waals surface area (Å²) < 4.78 is 32.7. The lowest BCUT2D eigenvalue weighted by Gasteiger charge is -2.20. The van der Waals surface area contributed by atoms with E-state index < -0.39 is 17.7 Å². The average Bonchev–Trinajstić information content (AvgIpc) is 2.51. The predicted octanol–water partition coefficient (Wildman–Crippen LogP) is 3.46. The van der Waals surface area contributed by atoms with Gasteiger partial charge in [0.1, 0.15) is 17.4 Å². The van der Waals surface area contributed by atoms with E-state index in [1.165, 1.54) is 13.2 Å². The quantitative estimate of drug-likeness (QED) is 0.885. The molecule has 0 radical (unpaired) electrons. The Morgan fingerprint density at radius 3 is 2.76 bits per heavy atom. The van der Waals surface area contributed by atoms with Gasteiger partial charge in [-0.2, -0.15) is 0 Å². The highest BCUT2D eigenvalue weighted by Gasteiger charge is 2.19. The Morgan fingerprint density at radius 1 is 1.24 bits per heavy atom. The first-order valence-electron chi connectivity index (χ1n) is 6.83. The molecule has 0 saturated heterocycles. The smallest absolute Gasteiger partial charge is 0.137 e. The second kappa shape index (κ2) is 7.13. The number of nitrogens with one attached hydrogen (secondary N) is 1. The van der Waals surface area contributed by atoms with Gasteiger partial charge in [0.15, 0.2) is 0 Å². The van der Waals surface area contributed by atoms with Gasteiger partial charge in [-0.05, 0) is 42.8 Å². The van der Waals surface area contributed by atoms with Crippen molar-refractivity contribution in [2.75, 3.05) is 13.7 Å². The monoisotopic (exact) mass is 292 g/mol. The van der Waals surface area contributed by atoms with Crippen molar-refractivity contribution >= 4 is 0 Å². The maximum absolute atomic E-state index is 14.1. The molecule has 3 nitrogen and oxygen atoms in total. The molecule has 0 amide bonds. The van der Waals surface area contributed by atoms with Gasteiger partial charge in [0.25, 0.3) is 0 Å². The van der Waals surface area contributed by atoms with Crippen LogP contribution in [0.1, 0.15) is 30.5 Å². The molecule has 1 unspecified atom stereocenters. The van der Waals surface area contributed by atoms with Crippen molar-refractivity contribution in [1.29, 1.82) is 0 Å². The molecule has 1 aromatic carbocycles. The summed E-state index contributed by atoms with van der Waals surface area (Å²) in [7, 11) is 1.54. The van der Waals surface area contributed by atoms with Crippen LogP contribution in [0, 0.1) is 11.6 Å². The molecule has 2 rings (SSSR count). The van der Waals surface area contributed by atoms with Gasteiger partial charge >= 0.3 is 0 Å². The van der Waals surface area contributed by atoms with Crippen LogP contribution in [-0.4, -0.2) is 18.6 Å². The Labute approximate surface area is 123 Å². The van der Waals surface area contributed by atoms with Gasteiger partial charge in [0, 0.05) is 11.8 Å². The first kappa shape index (κ1) is 15.4. The predicted molar refractivity (Wildman–Crippen MR) is 77.3 cm³/mol. The van der Waals surface area contributed by atoms with Crippen LogP contribution in [0.25, 0.3) is 0 Å². The van der Waals surface area contributed by atoms with Crippen molar-refractivity contribution in [2.45, 2.75) is 19.4 Å². The van der Waals surface area contributed by atoms with Crippen LogP contribution in [0.4, 0.5) is 8.78 Å². The van der Waals surface area contributed by atoms with Gasteiger partial charge in [0.2, 0.25) is 0 Å². The highest BCUT2D eigenvalue weighted by atomic mass is 19.1. The molecule has 1 heterocycles. The molecule has 0 fully saturated rings. The van der Waals surface area contributed by atoms with Crippen molar-refractivity contribution in [1.82, 2.24) is 10.3 Å². The first-order chi connectivity index (χ1) is 10.2. The van der Waals surface area contributed by atoms with Gasteiger partial charge in [-0.25, -0.2) is 8.78 Å². The van der Waals surface area contributed by atoms with Gasteiger partial charge < -0.3 is 10.1 Å². The van der Waals surface area contributed by atoms with E-state index in [1.807, 2.05) is 6.92 Å². The molecule has 0 spiro atoms. The molecule has 0 aliphatic rings. The fourth-order valence-corrected chi connectivity index (χ4v) is 2.14. The summed E-state index contributed by atoms with van der Waals surface area (Å²) in [6, 6.07) is 4.76.